The second-order valence-electron chi connectivity index (χ2n) is 11.3. The third kappa shape index (κ3) is 7.53. The maximum absolute atomic E-state index is 13.2. The molecule has 0 radical (unpaired) electrons. The Morgan fingerprint density at radius 2 is 1.77 bits per heavy atom. The highest BCUT2D eigenvalue weighted by Crippen LogP contribution is 2.51. The summed E-state index contributed by atoms with van der Waals surface area (Å²) in [6, 6.07) is 11.8. The fourth-order valence-electron chi connectivity index (χ4n) is 5.59. The van der Waals surface area contributed by atoms with E-state index in [4.69, 9.17) is 4.74 Å². The number of fused-ring (bicyclic) bond motifs is 2. The van der Waals surface area contributed by atoms with Crippen molar-refractivity contribution in [3.63, 3.8) is 0 Å². The van der Waals surface area contributed by atoms with E-state index >= 15 is 0 Å². The van der Waals surface area contributed by atoms with E-state index in [-0.39, 0.29) is 6.10 Å². The number of anilines is 2. The van der Waals surface area contributed by atoms with Gasteiger partial charge in [0.1, 0.15) is 5.75 Å². The topological polar surface area (TPSA) is 73.3 Å². The molecule has 1 saturated heterocycles. The number of unbranched alkanes of at least 4 members (excludes halogenated alkanes) is 4. The van der Waals surface area contributed by atoms with Crippen LogP contribution in [0, 0.1) is 5.92 Å². The van der Waals surface area contributed by atoms with Crippen LogP contribution in [0.2, 0.25) is 0 Å². The highest BCUT2D eigenvalue weighted by atomic mass is 32.2. The van der Waals surface area contributed by atoms with Crippen molar-refractivity contribution < 1.29 is 18.3 Å². The van der Waals surface area contributed by atoms with E-state index in [0.29, 0.717) is 17.4 Å². The Kier molecular flexibility index (Phi) is 11.2. The minimum Gasteiger partial charge on any atom is -0.494 e. The molecule has 1 unspecified atom stereocenters. The molecule has 2 aromatic rings. The normalized spacial score (nSPS) is 17.1. The quantitative estimate of drug-likeness (QED) is 0.257. The van der Waals surface area contributed by atoms with Gasteiger partial charge in [-0.3, -0.25) is 0 Å². The summed E-state index contributed by atoms with van der Waals surface area (Å²) >= 11 is 1.53. The van der Waals surface area contributed by atoms with E-state index in [1.807, 2.05) is 25.1 Å². The monoisotopic (exact) mass is 589 g/mol. The number of rotatable bonds is 14. The summed E-state index contributed by atoms with van der Waals surface area (Å²) in [5, 5.41) is 9.95. The number of nitrogens with zero attached hydrogens (tertiary/aromatic N) is 3. The molecule has 2 aliphatic rings. The largest absolute Gasteiger partial charge is 0.494 e. The smallest absolute Gasteiger partial charge is 0.243 e. The van der Waals surface area contributed by atoms with Gasteiger partial charge in [0.2, 0.25) is 10.0 Å². The summed E-state index contributed by atoms with van der Waals surface area (Å²) in [5.74, 6) is 1.26. The van der Waals surface area contributed by atoms with Gasteiger partial charge in [0, 0.05) is 31.6 Å². The van der Waals surface area contributed by atoms with Gasteiger partial charge in [-0.1, -0.05) is 50.4 Å². The van der Waals surface area contributed by atoms with Crippen molar-refractivity contribution >= 4 is 33.2 Å². The standard InChI is InChI=1S/C31H47N3O4S2/c1-5-6-7-8-9-22-38-26-14-15-29-28(23-26)34(19-11-18-33-20-16-25(17-21-33)24(2)35)27-12-10-13-30(31(27)39-29)40(36,37)32(3)4/h10,12-15,23-25,35H,5-9,11,16-22H2,1-4H3. The molecule has 0 aromatic heterocycles. The molecule has 0 aliphatic carbocycles. The maximum atomic E-state index is 13.2. The average molecular weight is 590 g/mol. The predicted octanol–water partition coefficient (Wildman–Crippen LogP) is 6.37. The molecule has 1 N–H and O–H groups in total. The molecule has 222 valence electrons. The van der Waals surface area contributed by atoms with Gasteiger partial charge in [0.15, 0.2) is 0 Å². The summed E-state index contributed by atoms with van der Waals surface area (Å²) in [6.45, 7) is 8.62. The van der Waals surface area contributed by atoms with Crippen LogP contribution < -0.4 is 9.64 Å². The van der Waals surface area contributed by atoms with Crippen molar-refractivity contribution in [3.8, 4) is 5.75 Å². The van der Waals surface area contributed by atoms with Crippen LogP contribution in [0.4, 0.5) is 11.4 Å². The van der Waals surface area contributed by atoms with Crippen LogP contribution in [-0.2, 0) is 10.0 Å². The third-order valence-corrected chi connectivity index (χ3v) is 11.3. The molecule has 1 atom stereocenters. The Bertz CT molecular complexity index is 1210. The Morgan fingerprint density at radius 1 is 1.02 bits per heavy atom. The number of likely N-dealkylation sites (tertiary alicyclic amines) is 1. The minimum absolute atomic E-state index is 0.235. The van der Waals surface area contributed by atoms with Gasteiger partial charge in [-0.15, -0.1) is 0 Å². The first-order valence-electron chi connectivity index (χ1n) is 14.9. The first kappa shape index (κ1) is 31.2. The Hall–Kier alpha value is -1.78. The third-order valence-electron chi connectivity index (χ3n) is 8.13. The lowest BCUT2D eigenvalue weighted by molar-refractivity contribution is 0.0717. The molecule has 2 aliphatic heterocycles. The van der Waals surface area contributed by atoms with Gasteiger partial charge >= 0.3 is 0 Å². The number of aliphatic hydroxyl groups is 1. The first-order valence-corrected chi connectivity index (χ1v) is 17.2. The SMILES string of the molecule is CCCCCCCOc1ccc2c(c1)N(CCCN1CCC(C(C)O)CC1)c1cccc(S(=O)(=O)N(C)C)c1S2. The lowest BCUT2D eigenvalue weighted by Crippen LogP contribution is -2.38. The fourth-order valence-corrected chi connectivity index (χ4v) is 8.10. The molecule has 9 heteroatoms. The number of hydrogen-bond acceptors (Lipinski definition) is 7. The van der Waals surface area contributed by atoms with Crippen molar-refractivity contribution in [2.24, 2.45) is 5.92 Å². The molecule has 40 heavy (non-hydrogen) atoms. The number of piperidine rings is 1. The molecule has 0 bridgehead atoms. The van der Waals surface area contributed by atoms with Crippen molar-refractivity contribution in [1.29, 1.82) is 0 Å². The maximum Gasteiger partial charge on any atom is 0.243 e. The zero-order valence-electron chi connectivity index (χ0n) is 24.6. The second kappa shape index (κ2) is 14.4. The number of benzene rings is 2. The first-order chi connectivity index (χ1) is 19.2. The summed E-state index contributed by atoms with van der Waals surface area (Å²) in [6.07, 6.45) is 8.79. The van der Waals surface area contributed by atoms with Gasteiger partial charge in [0.05, 0.1) is 33.9 Å². The number of sulfonamides is 1. The molecule has 7 nitrogen and oxygen atoms in total. The van der Waals surface area contributed by atoms with E-state index in [9.17, 15) is 13.5 Å². The number of aliphatic hydroxyl groups excluding tert-OH is 1. The summed E-state index contributed by atoms with van der Waals surface area (Å²) in [4.78, 5) is 6.95. The van der Waals surface area contributed by atoms with Crippen molar-refractivity contribution in [2.45, 2.75) is 86.0 Å². The van der Waals surface area contributed by atoms with E-state index in [1.165, 1.54) is 41.8 Å². The van der Waals surface area contributed by atoms with E-state index in [1.54, 1.807) is 20.2 Å². The highest BCUT2D eigenvalue weighted by Gasteiger charge is 2.31. The van der Waals surface area contributed by atoms with Crippen LogP contribution in [0.5, 0.6) is 5.75 Å². The Labute approximate surface area is 245 Å². The zero-order valence-corrected chi connectivity index (χ0v) is 26.3. The lowest BCUT2D eigenvalue weighted by Gasteiger charge is -2.36. The lowest BCUT2D eigenvalue weighted by atomic mass is 9.92. The molecule has 2 aromatic carbocycles. The fraction of sp³-hybridized carbons (Fsp3) is 0.613. The Morgan fingerprint density at radius 3 is 2.48 bits per heavy atom. The van der Waals surface area contributed by atoms with Crippen LogP contribution in [0.3, 0.4) is 0 Å². The Balaban J connectivity index is 1.53. The van der Waals surface area contributed by atoms with E-state index in [0.717, 1.165) is 78.8 Å². The summed E-state index contributed by atoms with van der Waals surface area (Å²) < 4.78 is 33.9. The number of hydrogen-bond donors (Lipinski definition) is 1. The second-order valence-corrected chi connectivity index (χ2v) is 14.5. The molecule has 1 fully saturated rings. The van der Waals surface area contributed by atoms with Gasteiger partial charge < -0.3 is 19.6 Å². The molecule has 2 heterocycles. The molecule has 4 rings (SSSR count). The van der Waals surface area contributed by atoms with Crippen molar-refractivity contribution in [3.05, 3.63) is 36.4 Å². The van der Waals surface area contributed by atoms with Crippen molar-refractivity contribution in [2.75, 3.05) is 51.8 Å². The van der Waals surface area contributed by atoms with Gasteiger partial charge in [-0.2, -0.15) is 0 Å². The van der Waals surface area contributed by atoms with Crippen LogP contribution in [0.15, 0.2) is 51.1 Å². The number of ether oxygens (including phenoxy) is 1. The van der Waals surface area contributed by atoms with E-state index < -0.39 is 10.0 Å². The van der Waals surface area contributed by atoms with Gasteiger partial charge in [-0.25, -0.2) is 12.7 Å². The predicted molar refractivity (Wildman–Crippen MR) is 165 cm³/mol. The molecule has 0 spiro atoms. The van der Waals surface area contributed by atoms with Crippen molar-refractivity contribution in [1.82, 2.24) is 9.21 Å². The van der Waals surface area contributed by atoms with E-state index in [2.05, 4.69) is 28.9 Å². The average Bonchev–Trinajstić information content (AvgIpc) is 2.94. The highest BCUT2D eigenvalue weighted by molar-refractivity contribution is 8.00. The van der Waals surface area contributed by atoms with Crippen LogP contribution in [0.25, 0.3) is 0 Å². The summed E-state index contributed by atoms with van der Waals surface area (Å²) in [7, 11) is -0.424. The van der Waals surface area contributed by atoms with Gasteiger partial charge in [0.25, 0.3) is 0 Å². The summed E-state index contributed by atoms with van der Waals surface area (Å²) in [5.41, 5.74) is 2.01. The molecule has 0 saturated carbocycles. The minimum atomic E-state index is -3.59. The van der Waals surface area contributed by atoms with Gasteiger partial charge in [-0.05, 0) is 82.4 Å². The zero-order chi connectivity index (χ0) is 28.7. The van der Waals surface area contributed by atoms with Crippen LogP contribution >= 0.6 is 11.8 Å². The molecule has 0 amide bonds. The van der Waals surface area contributed by atoms with Crippen LogP contribution in [-0.4, -0.2) is 75.7 Å². The molecular formula is C31H47N3O4S2. The molecular weight excluding hydrogens is 542 g/mol. The van der Waals surface area contributed by atoms with Crippen LogP contribution in [0.1, 0.15) is 65.2 Å².